The molecule has 0 atom stereocenters. The van der Waals surface area contributed by atoms with Crippen LogP contribution in [0.25, 0.3) is 0 Å². The zero-order valence-corrected chi connectivity index (χ0v) is 14.9. The van der Waals surface area contributed by atoms with Crippen LogP contribution < -0.4 is 5.32 Å². The fourth-order valence-electron chi connectivity index (χ4n) is 2.99. The predicted octanol–water partition coefficient (Wildman–Crippen LogP) is 3.68. The van der Waals surface area contributed by atoms with Crippen LogP contribution >= 0.6 is 11.8 Å². The van der Waals surface area contributed by atoms with Gasteiger partial charge in [0.1, 0.15) is 5.60 Å². The maximum absolute atomic E-state index is 12.7. The number of hydrogen-bond donors (Lipinski definition) is 2. The fraction of sp³-hybridized carbons (Fsp3) is 0.556. The quantitative estimate of drug-likeness (QED) is 0.664. The van der Waals surface area contributed by atoms with Crippen molar-refractivity contribution in [1.82, 2.24) is 0 Å². The summed E-state index contributed by atoms with van der Waals surface area (Å²) in [7, 11) is 0. The third-order valence-electron chi connectivity index (χ3n) is 4.16. The minimum Gasteiger partial charge on any atom is -0.481 e. The summed E-state index contributed by atoms with van der Waals surface area (Å²) in [4.78, 5) is 23.2. The average molecular weight is 351 g/mol. The molecule has 0 aliphatic heterocycles. The molecular formula is C18H25NO4S. The van der Waals surface area contributed by atoms with Crippen LogP contribution in [0.3, 0.4) is 0 Å². The van der Waals surface area contributed by atoms with Gasteiger partial charge < -0.3 is 15.2 Å². The standard InChI is InChI=1S/C18H25NO4S/c1-2-23-18(9-3-4-10-18)17(22)19-15-7-5-6-14(12-15)13-24-11-8-16(20)21/h5-7,12H,2-4,8-11,13H2,1H3,(H,19,22)(H,20,21). The molecule has 0 unspecified atom stereocenters. The number of carboxylic acid groups (broad SMARTS) is 1. The molecule has 1 fully saturated rings. The fourth-order valence-corrected chi connectivity index (χ4v) is 3.87. The number of rotatable bonds is 9. The first-order valence-electron chi connectivity index (χ1n) is 8.39. The van der Waals surface area contributed by atoms with Crippen molar-refractivity contribution < 1.29 is 19.4 Å². The van der Waals surface area contributed by atoms with E-state index in [2.05, 4.69) is 5.32 Å². The predicted molar refractivity (Wildman–Crippen MR) is 96.3 cm³/mol. The van der Waals surface area contributed by atoms with Gasteiger partial charge in [-0.25, -0.2) is 0 Å². The second kappa shape index (κ2) is 9.08. The highest BCUT2D eigenvalue weighted by Crippen LogP contribution is 2.34. The SMILES string of the molecule is CCOC1(C(=O)Nc2cccc(CSCCC(=O)O)c2)CCCC1. The molecule has 2 rings (SSSR count). The number of anilines is 1. The van der Waals surface area contributed by atoms with Gasteiger partial charge in [-0.3, -0.25) is 9.59 Å². The number of amides is 1. The molecule has 0 saturated heterocycles. The molecule has 1 saturated carbocycles. The smallest absolute Gasteiger partial charge is 0.304 e. The molecular weight excluding hydrogens is 326 g/mol. The summed E-state index contributed by atoms with van der Waals surface area (Å²) >= 11 is 1.58. The summed E-state index contributed by atoms with van der Waals surface area (Å²) in [5.74, 6) is 0.478. The third kappa shape index (κ3) is 5.24. The lowest BCUT2D eigenvalue weighted by molar-refractivity contribution is -0.140. The van der Waals surface area contributed by atoms with E-state index in [0.29, 0.717) is 12.4 Å². The Morgan fingerprint density at radius 1 is 1.33 bits per heavy atom. The van der Waals surface area contributed by atoms with Crippen molar-refractivity contribution in [3.8, 4) is 0 Å². The summed E-state index contributed by atoms with van der Waals surface area (Å²) in [5.41, 5.74) is 1.16. The summed E-state index contributed by atoms with van der Waals surface area (Å²) in [5, 5.41) is 11.6. The lowest BCUT2D eigenvalue weighted by atomic mass is 10.0. The molecule has 6 heteroatoms. The van der Waals surface area contributed by atoms with Gasteiger partial charge in [0.25, 0.3) is 5.91 Å². The van der Waals surface area contributed by atoms with E-state index in [1.807, 2.05) is 31.2 Å². The summed E-state index contributed by atoms with van der Waals surface area (Å²) in [6.07, 6.45) is 3.76. The van der Waals surface area contributed by atoms with E-state index in [9.17, 15) is 9.59 Å². The number of carbonyl (C=O) groups excluding carboxylic acids is 1. The van der Waals surface area contributed by atoms with Crippen LogP contribution in [0.15, 0.2) is 24.3 Å². The van der Waals surface area contributed by atoms with E-state index in [4.69, 9.17) is 9.84 Å². The van der Waals surface area contributed by atoms with Crippen LogP contribution in [0.1, 0.15) is 44.6 Å². The Balaban J connectivity index is 1.93. The van der Waals surface area contributed by atoms with Crippen molar-refractivity contribution >= 4 is 29.3 Å². The molecule has 5 nitrogen and oxygen atoms in total. The second-order valence-corrected chi connectivity index (χ2v) is 7.09. The molecule has 0 radical (unpaired) electrons. The largest absolute Gasteiger partial charge is 0.481 e. The topological polar surface area (TPSA) is 75.6 Å². The summed E-state index contributed by atoms with van der Waals surface area (Å²) < 4.78 is 5.78. The van der Waals surface area contributed by atoms with Crippen molar-refractivity contribution in [3.05, 3.63) is 29.8 Å². The van der Waals surface area contributed by atoms with Gasteiger partial charge in [-0.15, -0.1) is 0 Å². The number of hydrogen-bond acceptors (Lipinski definition) is 4. The van der Waals surface area contributed by atoms with Gasteiger partial charge in [0, 0.05) is 23.8 Å². The van der Waals surface area contributed by atoms with E-state index in [0.717, 1.165) is 42.7 Å². The Labute approximate surface area is 147 Å². The van der Waals surface area contributed by atoms with Crippen LogP contribution in [0.5, 0.6) is 0 Å². The van der Waals surface area contributed by atoms with Crippen LogP contribution in [-0.4, -0.2) is 34.9 Å². The van der Waals surface area contributed by atoms with Crippen LogP contribution in [0.2, 0.25) is 0 Å². The van der Waals surface area contributed by atoms with Gasteiger partial charge in [-0.1, -0.05) is 12.1 Å². The number of thioether (sulfide) groups is 1. The van der Waals surface area contributed by atoms with Crippen LogP contribution in [0.4, 0.5) is 5.69 Å². The number of benzene rings is 1. The van der Waals surface area contributed by atoms with Crippen molar-refractivity contribution in [3.63, 3.8) is 0 Å². The number of carbonyl (C=O) groups is 2. The molecule has 0 spiro atoms. The number of aliphatic carboxylic acids is 1. The Kier molecular flexibility index (Phi) is 7.12. The molecule has 1 aromatic rings. The second-order valence-electron chi connectivity index (χ2n) is 5.99. The van der Waals surface area contributed by atoms with E-state index in [-0.39, 0.29) is 12.3 Å². The molecule has 132 valence electrons. The molecule has 0 heterocycles. The maximum atomic E-state index is 12.7. The first-order chi connectivity index (χ1) is 11.6. The Bertz CT molecular complexity index is 570. The highest BCUT2D eigenvalue weighted by Gasteiger charge is 2.41. The molecule has 1 aliphatic carbocycles. The molecule has 0 bridgehead atoms. The van der Waals surface area contributed by atoms with E-state index >= 15 is 0 Å². The number of nitrogens with one attached hydrogen (secondary N) is 1. The van der Waals surface area contributed by atoms with Crippen molar-refractivity contribution in [2.45, 2.75) is 50.4 Å². The van der Waals surface area contributed by atoms with Crippen molar-refractivity contribution in [1.29, 1.82) is 0 Å². The lowest BCUT2D eigenvalue weighted by Crippen LogP contribution is -2.43. The molecule has 2 N–H and O–H groups in total. The van der Waals surface area contributed by atoms with E-state index < -0.39 is 11.6 Å². The summed E-state index contributed by atoms with van der Waals surface area (Å²) in [6.45, 7) is 2.45. The number of ether oxygens (including phenoxy) is 1. The Morgan fingerprint density at radius 2 is 2.08 bits per heavy atom. The summed E-state index contributed by atoms with van der Waals surface area (Å²) in [6, 6.07) is 7.71. The Morgan fingerprint density at radius 3 is 2.75 bits per heavy atom. The normalized spacial score (nSPS) is 16.0. The van der Waals surface area contributed by atoms with Crippen molar-refractivity contribution in [2.75, 3.05) is 17.7 Å². The van der Waals surface area contributed by atoms with Crippen LogP contribution in [0, 0.1) is 0 Å². The molecule has 24 heavy (non-hydrogen) atoms. The molecule has 1 aromatic carbocycles. The number of carboxylic acids is 1. The minimum absolute atomic E-state index is 0.0578. The van der Waals surface area contributed by atoms with Gasteiger partial charge in [0.15, 0.2) is 0 Å². The van der Waals surface area contributed by atoms with Gasteiger partial charge in [-0.05, 0) is 50.3 Å². The first-order valence-corrected chi connectivity index (χ1v) is 9.55. The molecule has 1 aliphatic rings. The first kappa shape index (κ1) is 18.8. The van der Waals surface area contributed by atoms with Gasteiger partial charge >= 0.3 is 5.97 Å². The maximum Gasteiger partial charge on any atom is 0.304 e. The van der Waals surface area contributed by atoms with Gasteiger partial charge in [-0.2, -0.15) is 11.8 Å². The monoisotopic (exact) mass is 351 g/mol. The highest BCUT2D eigenvalue weighted by molar-refractivity contribution is 7.98. The van der Waals surface area contributed by atoms with E-state index in [1.165, 1.54) is 0 Å². The molecule has 0 aromatic heterocycles. The Hall–Kier alpha value is -1.53. The zero-order chi connectivity index (χ0) is 17.4. The minimum atomic E-state index is -0.777. The van der Waals surface area contributed by atoms with Crippen LogP contribution in [-0.2, 0) is 20.1 Å². The highest BCUT2D eigenvalue weighted by atomic mass is 32.2. The average Bonchev–Trinajstić information content (AvgIpc) is 3.02. The third-order valence-corrected chi connectivity index (χ3v) is 5.19. The van der Waals surface area contributed by atoms with E-state index in [1.54, 1.807) is 11.8 Å². The van der Waals surface area contributed by atoms with Gasteiger partial charge in [0.2, 0.25) is 0 Å². The lowest BCUT2D eigenvalue weighted by Gasteiger charge is -2.27. The zero-order valence-electron chi connectivity index (χ0n) is 14.0. The van der Waals surface area contributed by atoms with Crippen molar-refractivity contribution in [2.24, 2.45) is 0 Å². The molecule has 1 amide bonds. The van der Waals surface area contributed by atoms with Gasteiger partial charge in [0.05, 0.1) is 6.42 Å².